The van der Waals surface area contributed by atoms with E-state index in [1.54, 1.807) is 0 Å². The summed E-state index contributed by atoms with van der Waals surface area (Å²) < 4.78 is 30.7. The second-order valence-electron chi connectivity index (χ2n) is 5.08. The van der Waals surface area contributed by atoms with Gasteiger partial charge in [-0.05, 0) is 18.8 Å². The van der Waals surface area contributed by atoms with Crippen LogP contribution in [0, 0.1) is 5.92 Å². The van der Waals surface area contributed by atoms with Crippen molar-refractivity contribution in [1.82, 2.24) is 14.8 Å². The molecule has 0 amide bonds. The minimum atomic E-state index is -3.60. The first-order valence-electron chi connectivity index (χ1n) is 6.84. The molecule has 7 nitrogen and oxygen atoms in total. The molecule has 116 valence electrons. The lowest BCUT2D eigenvalue weighted by molar-refractivity contribution is 0.137. The maximum Gasteiger partial charge on any atom is 0.344 e. The third kappa shape index (κ3) is 4.75. The Morgan fingerprint density at radius 1 is 1.35 bits per heavy atom. The molecule has 0 saturated carbocycles. The van der Waals surface area contributed by atoms with Gasteiger partial charge < -0.3 is 4.74 Å². The van der Waals surface area contributed by atoms with Gasteiger partial charge in [0.25, 0.3) is 0 Å². The largest absolute Gasteiger partial charge is 0.380 e. The van der Waals surface area contributed by atoms with Gasteiger partial charge in [0.15, 0.2) is 0 Å². The highest BCUT2D eigenvalue weighted by Gasteiger charge is 2.22. The summed E-state index contributed by atoms with van der Waals surface area (Å²) in [6.45, 7) is 7.00. The number of ether oxygens (including phenoxy) is 1. The van der Waals surface area contributed by atoms with Crippen LogP contribution < -0.4 is 5.69 Å². The zero-order valence-corrected chi connectivity index (χ0v) is 13.1. The molecule has 1 heterocycles. The molecule has 0 aliphatic rings. The molecular weight excluding hydrogens is 282 g/mol. The Morgan fingerprint density at radius 2 is 2.05 bits per heavy atom. The molecule has 1 rings (SSSR count). The monoisotopic (exact) mass is 305 g/mol. The van der Waals surface area contributed by atoms with Crippen LogP contribution in [-0.4, -0.2) is 42.1 Å². The molecule has 0 spiro atoms. The molecule has 0 atom stereocenters. The third-order valence-corrected chi connectivity index (χ3v) is 4.36. The standard InChI is InChI=1S/C12H23N3O4S/c1-4-6-15-11(16)13-14-12(15)20(17,18)9-8-19-7-5-10(2)3/h10H,4-9H2,1-3H3,(H,13,16). The van der Waals surface area contributed by atoms with E-state index in [1.807, 2.05) is 6.92 Å². The topological polar surface area (TPSA) is 94.0 Å². The minimum Gasteiger partial charge on any atom is -0.380 e. The summed E-state index contributed by atoms with van der Waals surface area (Å²) in [7, 11) is -3.60. The highest BCUT2D eigenvalue weighted by atomic mass is 32.2. The van der Waals surface area contributed by atoms with Crippen LogP contribution in [0.4, 0.5) is 0 Å². The van der Waals surface area contributed by atoms with Crippen LogP contribution in [0.1, 0.15) is 33.6 Å². The van der Waals surface area contributed by atoms with Crippen molar-refractivity contribution in [2.45, 2.75) is 45.3 Å². The van der Waals surface area contributed by atoms with E-state index in [0.717, 1.165) is 11.0 Å². The number of hydrogen-bond acceptors (Lipinski definition) is 5. The zero-order chi connectivity index (χ0) is 15.2. The summed E-state index contributed by atoms with van der Waals surface area (Å²) in [5.41, 5.74) is -0.494. The summed E-state index contributed by atoms with van der Waals surface area (Å²) in [5, 5.41) is 5.60. The van der Waals surface area contributed by atoms with Crippen LogP contribution in [0.15, 0.2) is 9.95 Å². The van der Waals surface area contributed by atoms with Crippen molar-refractivity contribution >= 4 is 9.84 Å². The molecule has 1 aromatic rings. The summed E-state index contributed by atoms with van der Waals surface area (Å²) >= 11 is 0. The van der Waals surface area contributed by atoms with E-state index in [9.17, 15) is 13.2 Å². The fraction of sp³-hybridized carbons (Fsp3) is 0.833. The highest BCUT2D eigenvalue weighted by molar-refractivity contribution is 7.91. The average molecular weight is 305 g/mol. The first-order chi connectivity index (χ1) is 9.38. The van der Waals surface area contributed by atoms with E-state index in [4.69, 9.17) is 4.74 Å². The Morgan fingerprint density at radius 3 is 2.65 bits per heavy atom. The van der Waals surface area contributed by atoms with Gasteiger partial charge in [-0.1, -0.05) is 20.8 Å². The van der Waals surface area contributed by atoms with E-state index in [1.165, 1.54) is 0 Å². The molecule has 20 heavy (non-hydrogen) atoms. The predicted octanol–water partition coefficient (Wildman–Crippen LogP) is 0.818. The average Bonchev–Trinajstić information content (AvgIpc) is 2.71. The van der Waals surface area contributed by atoms with E-state index < -0.39 is 15.5 Å². The Bertz CT molecular complexity index is 560. The fourth-order valence-electron chi connectivity index (χ4n) is 1.64. The quantitative estimate of drug-likeness (QED) is 0.682. The van der Waals surface area contributed by atoms with Crippen molar-refractivity contribution in [2.75, 3.05) is 19.0 Å². The first kappa shape index (κ1) is 16.9. The van der Waals surface area contributed by atoms with Gasteiger partial charge in [0.1, 0.15) is 0 Å². The van der Waals surface area contributed by atoms with Crippen molar-refractivity contribution in [3.8, 4) is 0 Å². The number of H-pyrrole nitrogens is 1. The zero-order valence-electron chi connectivity index (χ0n) is 12.3. The van der Waals surface area contributed by atoms with Crippen LogP contribution in [0.25, 0.3) is 0 Å². The number of rotatable bonds is 9. The molecule has 1 aromatic heterocycles. The smallest absolute Gasteiger partial charge is 0.344 e. The predicted molar refractivity (Wildman–Crippen MR) is 75.5 cm³/mol. The van der Waals surface area contributed by atoms with Gasteiger partial charge in [-0.25, -0.2) is 18.3 Å². The lowest BCUT2D eigenvalue weighted by atomic mass is 10.1. The molecule has 1 N–H and O–H groups in total. The fourth-order valence-corrected chi connectivity index (χ4v) is 2.86. The number of aromatic nitrogens is 3. The van der Waals surface area contributed by atoms with Crippen molar-refractivity contribution in [2.24, 2.45) is 5.92 Å². The summed E-state index contributed by atoms with van der Waals surface area (Å²) in [4.78, 5) is 11.5. The number of nitrogens with one attached hydrogen (secondary N) is 1. The maximum atomic E-state index is 12.1. The van der Waals surface area contributed by atoms with E-state index >= 15 is 0 Å². The molecule has 8 heteroatoms. The summed E-state index contributed by atoms with van der Waals surface area (Å²) in [6.07, 6.45) is 1.55. The van der Waals surface area contributed by atoms with Gasteiger partial charge in [-0.3, -0.25) is 4.57 Å². The molecule has 0 saturated heterocycles. The summed E-state index contributed by atoms with van der Waals surface area (Å²) in [6, 6.07) is 0. The normalized spacial score (nSPS) is 12.2. The third-order valence-electron chi connectivity index (χ3n) is 2.78. The molecule has 0 bridgehead atoms. The van der Waals surface area contributed by atoms with Gasteiger partial charge in [-0.2, -0.15) is 0 Å². The van der Waals surface area contributed by atoms with Crippen LogP contribution >= 0.6 is 0 Å². The highest BCUT2D eigenvalue weighted by Crippen LogP contribution is 2.06. The van der Waals surface area contributed by atoms with Crippen molar-refractivity contribution in [1.29, 1.82) is 0 Å². The van der Waals surface area contributed by atoms with Gasteiger partial charge >= 0.3 is 5.69 Å². The summed E-state index contributed by atoms with van der Waals surface area (Å²) in [5.74, 6) is 0.353. The Balaban J connectivity index is 2.63. The van der Waals surface area contributed by atoms with Crippen LogP contribution in [0.2, 0.25) is 0 Å². The van der Waals surface area contributed by atoms with Crippen LogP contribution in [0.3, 0.4) is 0 Å². The minimum absolute atomic E-state index is 0.113. The van der Waals surface area contributed by atoms with Crippen LogP contribution in [0.5, 0.6) is 0 Å². The molecule has 0 aliphatic heterocycles. The molecule has 0 radical (unpaired) electrons. The lowest BCUT2D eigenvalue weighted by Crippen LogP contribution is -2.23. The Labute approximate surface area is 119 Å². The van der Waals surface area contributed by atoms with E-state index in [0.29, 0.717) is 25.5 Å². The number of sulfone groups is 1. The molecule has 0 aromatic carbocycles. The second kappa shape index (κ2) is 7.58. The molecule has 0 aliphatic carbocycles. The first-order valence-corrected chi connectivity index (χ1v) is 8.49. The second-order valence-corrected chi connectivity index (χ2v) is 7.08. The molecule has 0 fully saturated rings. The van der Waals surface area contributed by atoms with Crippen molar-refractivity contribution in [3.63, 3.8) is 0 Å². The SMILES string of the molecule is CCCn1c(S(=O)(=O)CCOCCC(C)C)n[nH]c1=O. The van der Waals surface area contributed by atoms with Gasteiger partial charge in [-0.15, -0.1) is 5.10 Å². The Hall–Kier alpha value is -1.15. The van der Waals surface area contributed by atoms with Gasteiger partial charge in [0, 0.05) is 13.2 Å². The number of nitrogens with zero attached hydrogens (tertiary/aromatic N) is 2. The number of aromatic amines is 1. The molecule has 0 unspecified atom stereocenters. The van der Waals surface area contributed by atoms with Gasteiger partial charge in [0.2, 0.25) is 15.0 Å². The lowest BCUT2D eigenvalue weighted by Gasteiger charge is -2.07. The van der Waals surface area contributed by atoms with Crippen LogP contribution in [-0.2, 0) is 21.1 Å². The molecular formula is C12H23N3O4S. The van der Waals surface area contributed by atoms with E-state index in [-0.39, 0.29) is 17.5 Å². The van der Waals surface area contributed by atoms with Gasteiger partial charge in [0.05, 0.1) is 12.4 Å². The Kier molecular flexibility index (Phi) is 6.41. The van der Waals surface area contributed by atoms with Crippen molar-refractivity contribution in [3.05, 3.63) is 10.5 Å². The van der Waals surface area contributed by atoms with E-state index in [2.05, 4.69) is 24.0 Å². The van der Waals surface area contributed by atoms with Crippen molar-refractivity contribution < 1.29 is 13.2 Å². The number of hydrogen-bond donors (Lipinski definition) is 1. The maximum absolute atomic E-state index is 12.1.